The molecule has 1 amide bonds. The Kier molecular flexibility index (Phi) is 5.71. The lowest BCUT2D eigenvalue weighted by molar-refractivity contribution is 0.102. The van der Waals surface area contributed by atoms with Crippen molar-refractivity contribution in [3.63, 3.8) is 0 Å². The molecule has 138 valence electrons. The molecule has 5 nitrogen and oxygen atoms in total. The molecule has 3 rings (SSSR count). The van der Waals surface area contributed by atoms with Crippen LogP contribution in [0.1, 0.15) is 35.7 Å². The Morgan fingerprint density at radius 3 is 2.37 bits per heavy atom. The number of benzene rings is 2. The summed E-state index contributed by atoms with van der Waals surface area (Å²) in [6, 6.07) is 18.9. The van der Waals surface area contributed by atoms with Crippen LogP contribution in [0.2, 0.25) is 0 Å². The van der Waals surface area contributed by atoms with Gasteiger partial charge in [-0.1, -0.05) is 32.0 Å². The molecule has 3 aromatic rings. The van der Waals surface area contributed by atoms with Crippen molar-refractivity contribution in [2.45, 2.75) is 19.8 Å². The predicted octanol–water partition coefficient (Wildman–Crippen LogP) is 5.21. The standard InChI is InChI=1S/C22H23N3O2/c1-15(2)19-6-4-5-7-20(19)25-21-13-8-16(14-23-21)22(26)24-17-9-11-18(27-3)12-10-17/h4-15H,1-3H3,(H,23,25)(H,24,26). The smallest absolute Gasteiger partial charge is 0.257 e. The van der Waals surface area contributed by atoms with Crippen molar-refractivity contribution in [3.05, 3.63) is 78.0 Å². The highest BCUT2D eigenvalue weighted by atomic mass is 16.5. The van der Waals surface area contributed by atoms with Gasteiger partial charge in [-0.3, -0.25) is 4.79 Å². The Labute approximate surface area is 159 Å². The first-order valence-electron chi connectivity index (χ1n) is 8.84. The summed E-state index contributed by atoms with van der Waals surface area (Å²) in [7, 11) is 1.61. The molecule has 27 heavy (non-hydrogen) atoms. The lowest BCUT2D eigenvalue weighted by Crippen LogP contribution is -2.12. The van der Waals surface area contributed by atoms with Crippen LogP contribution in [0, 0.1) is 0 Å². The van der Waals surface area contributed by atoms with Crippen LogP contribution >= 0.6 is 0 Å². The molecule has 1 heterocycles. The maximum Gasteiger partial charge on any atom is 0.257 e. The van der Waals surface area contributed by atoms with Crippen LogP contribution in [-0.4, -0.2) is 18.0 Å². The largest absolute Gasteiger partial charge is 0.497 e. The molecule has 0 aliphatic heterocycles. The van der Waals surface area contributed by atoms with Gasteiger partial charge in [0.25, 0.3) is 5.91 Å². The first-order chi connectivity index (χ1) is 13.1. The number of anilines is 3. The van der Waals surface area contributed by atoms with Gasteiger partial charge in [0.1, 0.15) is 11.6 Å². The van der Waals surface area contributed by atoms with Gasteiger partial charge in [0.15, 0.2) is 0 Å². The summed E-state index contributed by atoms with van der Waals surface area (Å²) in [6.45, 7) is 4.31. The van der Waals surface area contributed by atoms with E-state index in [2.05, 4.69) is 35.5 Å². The third-order valence-corrected chi connectivity index (χ3v) is 4.22. The van der Waals surface area contributed by atoms with Crippen molar-refractivity contribution in [3.8, 4) is 5.75 Å². The van der Waals surface area contributed by atoms with Crippen molar-refractivity contribution in [2.24, 2.45) is 0 Å². The minimum absolute atomic E-state index is 0.207. The number of amides is 1. The lowest BCUT2D eigenvalue weighted by atomic mass is 10.0. The summed E-state index contributed by atoms with van der Waals surface area (Å²) in [6.07, 6.45) is 1.57. The molecule has 2 aromatic carbocycles. The van der Waals surface area contributed by atoms with Crippen LogP contribution in [0.3, 0.4) is 0 Å². The van der Waals surface area contributed by atoms with E-state index in [9.17, 15) is 4.79 Å². The molecular formula is C22H23N3O2. The van der Waals surface area contributed by atoms with E-state index >= 15 is 0 Å². The maximum absolute atomic E-state index is 12.4. The van der Waals surface area contributed by atoms with E-state index < -0.39 is 0 Å². The first kappa shape index (κ1) is 18.5. The monoisotopic (exact) mass is 361 g/mol. The summed E-state index contributed by atoms with van der Waals surface area (Å²) in [4.78, 5) is 16.8. The number of nitrogens with one attached hydrogen (secondary N) is 2. The van der Waals surface area contributed by atoms with E-state index in [1.165, 1.54) is 5.56 Å². The average Bonchev–Trinajstić information content (AvgIpc) is 2.69. The Hall–Kier alpha value is -3.34. The van der Waals surface area contributed by atoms with Crippen molar-refractivity contribution in [1.29, 1.82) is 0 Å². The fourth-order valence-electron chi connectivity index (χ4n) is 2.73. The fourth-order valence-corrected chi connectivity index (χ4v) is 2.73. The van der Waals surface area contributed by atoms with Gasteiger partial charge in [0.05, 0.1) is 12.7 Å². The average molecular weight is 361 g/mol. The van der Waals surface area contributed by atoms with Gasteiger partial charge in [0, 0.05) is 17.6 Å². The summed E-state index contributed by atoms with van der Waals surface area (Å²) in [5, 5.41) is 6.17. The molecule has 0 aliphatic rings. The van der Waals surface area contributed by atoms with Gasteiger partial charge in [-0.05, 0) is 53.9 Å². The maximum atomic E-state index is 12.4. The molecule has 5 heteroatoms. The van der Waals surface area contributed by atoms with Gasteiger partial charge in [-0.15, -0.1) is 0 Å². The first-order valence-corrected chi connectivity index (χ1v) is 8.84. The van der Waals surface area contributed by atoms with Crippen LogP contribution in [0.15, 0.2) is 66.9 Å². The number of nitrogens with zero attached hydrogens (tertiary/aromatic N) is 1. The number of hydrogen-bond acceptors (Lipinski definition) is 4. The second kappa shape index (κ2) is 8.36. The number of ether oxygens (including phenoxy) is 1. The number of carbonyl (C=O) groups excluding carboxylic acids is 1. The second-order valence-electron chi connectivity index (χ2n) is 6.48. The minimum Gasteiger partial charge on any atom is -0.497 e. The molecule has 0 saturated heterocycles. The van der Waals surface area contributed by atoms with E-state index in [0.717, 1.165) is 11.4 Å². The lowest BCUT2D eigenvalue weighted by Gasteiger charge is -2.14. The summed E-state index contributed by atoms with van der Waals surface area (Å²) in [5.41, 5.74) is 3.44. The highest BCUT2D eigenvalue weighted by Crippen LogP contribution is 2.26. The van der Waals surface area contributed by atoms with Gasteiger partial charge in [-0.2, -0.15) is 0 Å². The van der Waals surface area contributed by atoms with Crippen LogP contribution in [-0.2, 0) is 0 Å². The Morgan fingerprint density at radius 1 is 1.00 bits per heavy atom. The van der Waals surface area contributed by atoms with Crippen molar-refractivity contribution in [1.82, 2.24) is 4.98 Å². The number of carbonyl (C=O) groups is 1. The molecule has 0 bridgehead atoms. The molecule has 0 fully saturated rings. The second-order valence-corrected chi connectivity index (χ2v) is 6.48. The van der Waals surface area contributed by atoms with Crippen molar-refractivity contribution < 1.29 is 9.53 Å². The zero-order valence-electron chi connectivity index (χ0n) is 15.7. The van der Waals surface area contributed by atoms with Gasteiger partial charge in [0.2, 0.25) is 0 Å². The molecule has 1 aromatic heterocycles. The zero-order valence-corrected chi connectivity index (χ0v) is 15.7. The molecular weight excluding hydrogens is 338 g/mol. The summed E-state index contributed by atoms with van der Waals surface area (Å²) >= 11 is 0. The quantitative estimate of drug-likeness (QED) is 0.633. The van der Waals surface area contributed by atoms with Gasteiger partial charge in [-0.25, -0.2) is 4.98 Å². The molecule has 0 radical (unpaired) electrons. The Balaban J connectivity index is 1.68. The fraction of sp³-hybridized carbons (Fsp3) is 0.182. The third kappa shape index (κ3) is 4.64. The molecule has 0 spiro atoms. The highest BCUT2D eigenvalue weighted by Gasteiger charge is 2.09. The van der Waals surface area contributed by atoms with E-state index in [0.29, 0.717) is 23.0 Å². The minimum atomic E-state index is -0.207. The van der Waals surface area contributed by atoms with E-state index in [1.54, 1.807) is 49.7 Å². The number of aromatic nitrogens is 1. The van der Waals surface area contributed by atoms with E-state index in [4.69, 9.17) is 4.74 Å². The highest BCUT2D eigenvalue weighted by molar-refractivity contribution is 6.04. The molecule has 2 N–H and O–H groups in total. The number of para-hydroxylation sites is 1. The van der Waals surface area contributed by atoms with Gasteiger partial charge >= 0.3 is 0 Å². The number of methoxy groups -OCH3 is 1. The predicted molar refractivity (Wildman–Crippen MR) is 109 cm³/mol. The van der Waals surface area contributed by atoms with Crippen LogP contribution in [0.4, 0.5) is 17.2 Å². The molecule has 0 aliphatic carbocycles. The topological polar surface area (TPSA) is 63.2 Å². The molecule has 0 saturated carbocycles. The Morgan fingerprint density at radius 2 is 1.74 bits per heavy atom. The van der Waals surface area contributed by atoms with Crippen molar-refractivity contribution >= 4 is 23.1 Å². The number of hydrogen-bond donors (Lipinski definition) is 2. The normalized spacial score (nSPS) is 10.5. The summed E-state index contributed by atoms with van der Waals surface area (Å²) < 4.78 is 5.11. The number of pyridine rings is 1. The number of rotatable bonds is 6. The SMILES string of the molecule is COc1ccc(NC(=O)c2ccc(Nc3ccccc3C(C)C)nc2)cc1. The zero-order chi connectivity index (χ0) is 19.2. The summed E-state index contributed by atoms with van der Waals surface area (Å²) in [5.74, 6) is 1.64. The van der Waals surface area contributed by atoms with Crippen molar-refractivity contribution in [2.75, 3.05) is 17.7 Å². The van der Waals surface area contributed by atoms with Crippen LogP contribution in [0.25, 0.3) is 0 Å². The molecule has 0 unspecified atom stereocenters. The van der Waals surface area contributed by atoms with Gasteiger partial charge < -0.3 is 15.4 Å². The van der Waals surface area contributed by atoms with E-state index in [1.807, 2.05) is 18.2 Å². The van der Waals surface area contributed by atoms with Crippen LogP contribution < -0.4 is 15.4 Å². The third-order valence-electron chi connectivity index (χ3n) is 4.22. The Bertz CT molecular complexity index is 904. The molecule has 0 atom stereocenters. The van der Waals surface area contributed by atoms with Crippen LogP contribution in [0.5, 0.6) is 5.75 Å². The van der Waals surface area contributed by atoms with E-state index in [-0.39, 0.29) is 5.91 Å².